The SMILES string of the molecule is COc1ccc(Cl)cc1C(=O)OCC(=O)Nc1c(C)nn(-c2ccccc2)c1C. The van der Waals surface area contributed by atoms with Crippen molar-refractivity contribution in [1.29, 1.82) is 0 Å². The number of aryl methyl sites for hydroxylation is 1. The molecule has 0 saturated heterocycles. The second-order valence-corrected chi connectivity index (χ2v) is 6.70. The number of hydrogen-bond acceptors (Lipinski definition) is 5. The van der Waals surface area contributed by atoms with Crippen LogP contribution in [0.1, 0.15) is 21.7 Å². The number of aromatic nitrogens is 2. The molecule has 0 aliphatic rings. The fourth-order valence-corrected chi connectivity index (χ4v) is 3.04. The number of carbonyl (C=O) groups excluding carboxylic acids is 2. The van der Waals surface area contributed by atoms with Gasteiger partial charge in [-0.3, -0.25) is 4.79 Å². The molecular weight excluding hydrogens is 394 g/mol. The zero-order chi connectivity index (χ0) is 21.0. The van der Waals surface area contributed by atoms with Crippen LogP contribution in [-0.2, 0) is 9.53 Å². The Kier molecular flexibility index (Phi) is 6.19. The van der Waals surface area contributed by atoms with Crippen LogP contribution in [0.3, 0.4) is 0 Å². The van der Waals surface area contributed by atoms with Gasteiger partial charge in [-0.1, -0.05) is 29.8 Å². The lowest BCUT2D eigenvalue weighted by Gasteiger charge is -2.10. The van der Waals surface area contributed by atoms with Crippen LogP contribution in [0, 0.1) is 13.8 Å². The van der Waals surface area contributed by atoms with Crippen LogP contribution >= 0.6 is 11.6 Å². The molecule has 0 spiro atoms. The van der Waals surface area contributed by atoms with Crippen molar-refractivity contribution in [2.45, 2.75) is 13.8 Å². The van der Waals surface area contributed by atoms with E-state index in [1.165, 1.54) is 13.2 Å². The van der Waals surface area contributed by atoms with Crippen LogP contribution in [0.25, 0.3) is 5.69 Å². The highest BCUT2D eigenvalue weighted by molar-refractivity contribution is 6.31. The number of esters is 1. The average molecular weight is 414 g/mol. The van der Waals surface area contributed by atoms with Crippen molar-refractivity contribution in [3.63, 3.8) is 0 Å². The molecule has 0 aliphatic heterocycles. The van der Waals surface area contributed by atoms with Gasteiger partial charge in [-0.05, 0) is 44.2 Å². The molecule has 0 unspecified atom stereocenters. The molecule has 0 bridgehead atoms. The Morgan fingerprint density at radius 3 is 2.55 bits per heavy atom. The molecule has 150 valence electrons. The number of amides is 1. The summed E-state index contributed by atoms with van der Waals surface area (Å²) in [6.45, 7) is 3.19. The smallest absolute Gasteiger partial charge is 0.342 e. The van der Waals surface area contributed by atoms with Crippen molar-refractivity contribution < 1.29 is 19.1 Å². The van der Waals surface area contributed by atoms with Crippen molar-refractivity contribution in [2.75, 3.05) is 19.0 Å². The van der Waals surface area contributed by atoms with E-state index in [0.717, 1.165) is 11.4 Å². The summed E-state index contributed by atoms with van der Waals surface area (Å²) in [6.07, 6.45) is 0. The Labute approximate surface area is 173 Å². The minimum Gasteiger partial charge on any atom is -0.496 e. The first kappa shape index (κ1) is 20.4. The van der Waals surface area contributed by atoms with E-state index >= 15 is 0 Å². The maximum Gasteiger partial charge on any atom is 0.342 e. The van der Waals surface area contributed by atoms with E-state index in [4.69, 9.17) is 21.1 Å². The first-order chi connectivity index (χ1) is 13.9. The number of halogens is 1. The Morgan fingerprint density at radius 2 is 1.86 bits per heavy atom. The third-order valence-electron chi connectivity index (χ3n) is 4.27. The molecule has 7 nitrogen and oxygen atoms in total. The van der Waals surface area contributed by atoms with Crippen LogP contribution in [0.5, 0.6) is 5.75 Å². The molecule has 0 atom stereocenters. The van der Waals surface area contributed by atoms with Crippen molar-refractivity contribution in [2.24, 2.45) is 0 Å². The molecule has 8 heteroatoms. The third kappa shape index (κ3) is 4.57. The van der Waals surface area contributed by atoms with E-state index in [2.05, 4.69) is 10.4 Å². The third-order valence-corrected chi connectivity index (χ3v) is 4.51. The molecule has 1 amide bonds. The van der Waals surface area contributed by atoms with Crippen LogP contribution in [0.2, 0.25) is 5.02 Å². The first-order valence-corrected chi connectivity index (χ1v) is 9.20. The topological polar surface area (TPSA) is 82.4 Å². The molecule has 0 radical (unpaired) electrons. The molecule has 1 N–H and O–H groups in total. The van der Waals surface area contributed by atoms with Gasteiger partial charge < -0.3 is 14.8 Å². The summed E-state index contributed by atoms with van der Waals surface area (Å²) >= 11 is 5.92. The molecule has 29 heavy (non-hydrogen) atoms. The van der Waals surface area contributed by atoms with Gasteiger partial charge in [0.25, 0.3) is 5.91 Å². The van der Waals surface area contributed by atoms with Gasteiger partial charge in [0.15, 0.2) is 6.61 Å². The minimum atomic E-state index is -0.701. The van der Waals surface area contributed by atoms with E-state index in [-0.39, 0.29) is 5.56 Å². The number of hydrogen-bond donors (Lipinski definition) is 1. The molecule has 1 heterocycles. The molecule has 0 aliphatic carbocycles. The van der Waals surface area contributed by atoms with Gasteiger partial charge in [-0.25, -0.2) is 9.48 Å². The van der Waals surface area contributed by atoms with Crippen LogP contribution < -0.4 is 10.1 Å². The van der Waals surface area contributed by atoms with E-state index in [9.17, 15) is 9.59 Å². The summed E-state index contributed by atoms with van der Waals surface area (Å²) in [7, 11) is 1.43. The molecule has 3 aromatic rings. The number of rotatable bonds is 6. The van der Waals surface area contributed by atoms with Gasteiger partial charge in [0.05, 0.1) is 29.9 Å². The van der Waals surface area contributed by atoms with Crippen molar-refractivity contribution >= 4 is 29.2 Å². The van der Waals surface area contributed by atoms with Gasteiger partial charge in [-0.2, -0.15) is 5.10 Å². The number of methoxy groups -OCH3 is 1. The number of benzene rings is 2. The molecule has 0 fully saturated rings. The Balaban J connectivity index is 1.68. The lowest BCUT2D eigenvalue weighted by atomic mass is 10.2. The predicted molar refractivity (Wildman–Crippen MR) is 110 cm³/mol. The molecular formula is C21H20ClN3O4. The zero-order valence-electron chi connectivity index (χ0n) is 16.2. The van der Waals surface area contributed by atoms with Gasteiger partial charge in [-0.15, -0.1) is 0 Å². The summed E-state index contributed by atoms with van der Waals surface area (Å²) in [5, 5.41) is 7.59. The average Bonchev–Trinajstić information content (AvgIpc) is 3.00. The number of para-hydroxylation sites is 1. The van der Waals surface area contributed by atoms with Crippen molar-refractivity contribution in [3.8, 4) is 11.4 Å². The Hall–Kier alpha value is -3.32. The summed E-state index contributed by atoms with van der Waals surface area (Å²) in [5.41, 5.74) is 3.04. The minimum absolute atomic E-state index is 0.150. The number of ether oxygens (including phenoxy) is 2. The zero-order valence-corrected chi connectivity index (χ0v) is 17.0. The lowest BCUT2D eigenvalue weighted by Crippen LogP contribution is -2.21. The molecule has 3 rings (SSSR count). The summed E-state index contributed by atoms with van der Waals surface area (Å²) < 4.78 is 12.0. The molecule has 1 aromatic heterocycles. The number of nitrogens with one attached hydrogen (secondary N) is 1. The number of nitrogens with zero attached hydrogens (tertiary/aromatic N) is 2. The van der Waals surface area contributed by atoms with Crippen molar-refractivity contribution in [1.82, 2.24) is 9.78 Å². The fourth-order valence-electron chi connectivity index (χ4n) is 2.87. The highest BCUT2D eigenvalue weighted by Gasteiger charge is 2.18. The Morgan fingerprint density at radius 1 is 1.14 bits per heavy atom. The highest BCUT2D eigenvalue weighted by Crippen LogP contribution is 2.24. The maximum atomic E-state index is 12.3. The Bertz CT molecular complexity index is 1050. The number of carbonyl (C=O) groups is 2. The van der Waals surface area contributed by atoms with Gasteiger partial charge in [0, 0.05) is 5.02 Å². The summed E-state index contributed by atoms with van der Waals surface area (Å²) in [4.78, 5) is 24.6. The van der Waals surface area contributed by atoms with E-state index < -0.39 is 18.5 Å². The standard InChI is InChI=1S/C21H20ClN3O4/c1-13-20(14(2)25(24-13)16-7-5-4-6-8-16)23-19(26)12-29-21(27)17-11-15(22)9-10-18(17)28-3/h4-11H,12H2,1-3H3,(H,23,26). The van der Waals surface area contributed by atoms with Gasteiger partial charge in [0.1, 0.15) is 11.3 Å². The summed E-state index contributed by atoms with van der Waals surface area (Å²) in [6, 6.07) is 14.2. The quantitative estimate of drug-likeness (QED) is 0.619. The van der Waals surface area contributed by atoms with Crippen molar-refractivity contribution in [3.05, 3.63) is 70.5 Å². The van der Waals surface area contributed by atoms with Gasteiger partial charge in [0.2, 0.25) is 0 Å². The van der Waals surface area contributed by atoms with Crippen LogP contribution in [-0.4, -0.2) is 35.4 Å². The van der Waals surface area contributed by atoms with Gasteiger partial charge >= 0.3 is 5.97 Å². The number of anilines is 1. The second-order valence-electron chi connectivity index (χ2n) is 6.26. The highest BCUT2D eigenvalue weighted by atomic mass is 35.5. The van der Waals surface area contributed by atoms with E-state index in [0.29, 0.717) is 22.2 Å². The van der Waals surface area contributed by atoms with E-state index in [1.807, 2.05) is 37.3 Å². The summed E-state index contributed by atoms with van der Waals surface area (Å²) in [5.74, 6) is -0.860. The second kappa shape index (κ2) is 8.79. The van der Waals surface area contributed by atoms with E-state index in [1.54, 1.807) is 23.7 Å². The maximum absolute atomic E-state index is 12.3. The predicted octanol–water partition coefficient (Wildman–Crippen LogP) is 3.95. The molecule has 2 aromatic carbocycles. The fraction of sp³-hybridized carbons (Fsp3) is 0.190. The van der Waals surface area contributed by atoms with Crippen LogP contribution in [0.15, 0.2) is 48.5 Å². The van der Waals surface area contributed by atoms with Crippen LogP contribution in [0.4, 0.5) is 5.69 Å². The molecule has 0 saturated carbocycles. The lowest BCUT2D eigenvalue weighted by molar-refractivity contribution is -0.119. The normalized spacial score (nSPS) is 10.5. The first-order valence-electron chi connectivity index (χ1n) is 8.83. The monoisotopic (exact) mass is 413 g/mol. The largest absolute Gasteiger partial charge is 0.496 e.